The molecule has 2 aromatic rings. The normalized spacial score (nSPS) is 22.1. The molecule has 124 valence electrons. The molecule has 1 fully saturated rings. The Kier molecular flexibility index (Phi) is 3.33. The van der Waals surface area contributed by atoms with E-state index >= 15 is 0 Å². The van der Waals surface area contributed by atoms with Gasteiger partial charge in [0.15, 0.2) is 0 Å². The Bertz CT molecular complexity index is 874. The van der Waals surface area contributed by atoms with Crippen LogP contribution in [0.1, 0.15) is 28.4 Å². The Labute approximate surface area is 139 Å². The van der Waals surface area contributed by atoms with Crippen molar-refractivity contribution in [3.8, 4) is 0 Å². The van der Waals surface area contributed by atoms with Crippen molar-refractivity contribution >= 4 is 17.3 Å². The predicted octanol–water partition coefficient (Wildman–Crippen LogP) is 0.418. The topological polar surface area (TPSA) is 91.4 Å². The largest absolute Gasteiger partial charge is 0.545 e. The molecule has 0 spiro atoms. The monoisotopic (exact) mass is 324 g/mol. The van der Waals surface area contributed by atoms with Crippen LogP contribution < -0.4 is 21.3 Å². The summed E-state index contributed by atoms with van der Waals surface area (Å²) in [6.07, 6.45) is 1.07. The molecule has 2 atom stereocenters. The highest BCUT2D eigenvalue weighted by Crippen LogP contribution is 2.38. The fourth-order valence-electron chi connectivity index (χ4n) is 4.06. The molecule has 4 rings (SSSR count). The van der Waals surface area contributed by atoms with Crippen LogP contribution in [0.25, 0.3) is 0 Å². The number of hydrogen-bond acceptors (Lipinski definition) is 5. The van der Waals surface area contributed by atoms with Gasteiger partial charge in [-0.1, -0.05) is 12.1 Å². The number of aromatic nitrogens is 1. The third-order valence-electron chi connectivity index (χ3n) is 5.08. The van der Waals surface area contributed by atoms with Gasteiger partial charge in [0, 0.05) is 37.3 Å². The summed E-state index contributed by atoms with van der Waals surface area (Å²) in [4.78, 5) is 25.2. The molecule has 0 aliphatic carbocycles. The first kappa shape index (κ1) is 14.8. The fraction of sp³-hybridized carbons (Fsp3) is 0.333. The van der Waals surface area contributed by atoms with Crippen molar-refractivity contribution in [3.05, 3.63) is 58.0 Å². The van der Waals surface area contributed by atoms with E-state index in [2.05, 4.69) is 4.90 Å². The van der Waals surface area contributed by atoms with Gasteiger partial charge in [0.2, 0.25) is 0 Å². The summed E-state index contributed by atoms with van der Waals surface area (Å²) >= 11 is 0. The lowest BCUT2D eigenvalue weighted by Crippen LogP contribution is -2.47. The number of carbonyl (C=O) groups excluding carboxylic acids is 1. The van der Waals surface area contributed by atoms with Crippen molar-refractivity contribution in [2.75, 3.05) is 23.7 Å². The van der Waals surface area contributed by atoms with Gasteiger partial charge in [-0.15, -0.1) is 0 Å². The van der Waals surface area contributed by atoms with Gasteiger partial charge in [-0.05, 0) is 36.1 Å². The highest BCUT2D eigenvalue weighted by molar-refractivity contribution is 5.89. The van der Waals surface area contributed by atoms with Crippen molar-refractivity contribution in [1.29, 1.82) is 0 Å². The molecular weight excluding hydrogens is 306 g/mol. The summed E-state index contributed by atoms with van der Waals surface area (Å²) in [5.41, 5.74) is 8.59. The average Bonchev–Trinajstić information content (AvgIpc) is 2.55. The van der Waals surface area contributed by atoms with Gasteiger partial charge < -0.3 is 25.1 Å². The fourth-order valence-corrected chi connectivity index (χ4v) is 4.06. The van der Waals surface area contributed by atoms with Crippen LogP contribution in [0.3, 0.4) is 0 Å². The molecule has 1 saturated heterocycles. The van der Waals surface area contributed by atoms with E-state index in [0.717, 1.165) is 37.4 Å². The maximum atomic E-state index is 12.1. The molecule has 24 heavy (non-hydrogen) atoms. The number of carboxylic acids is 1. The minimum atomic E-state index is -1.22. The van der Waals surface area contributed by atoms with Crippen LogP contribution in [0.15, 0.2) is 41.2 Å². The van der Waals surface area contributed by atoms with Crippen molar-refractivity contribution < 1.29 is 9.90 Å². The van der Waals surface area contributed by atoms with Gasteiger partial charge >= 0.3 is 0 Å². The highest BCUT2D eigenvalue weighted by Gasteiger charge is 2.34. The molecule has 2 aliphatic heterocycles. The molecule has 2 N–H and O–H groups in total. The van der Waals surface area contributed by atoms with E-state index in [1.54, 1.807) is 12.1 Å². The van der Waals surface area contributed by atoms with E-state index in [-0.39, 0.29) is 17.0 Å². The Hall–Kier alpha value is -2.76. The number of piperidine rings is 1. The first-order valence-corrected chi connectivity index (χ1v) is 8.08. The zero-order valence-corrected chi connectivity index (χ0v) is 13.1. The second kappa shape index (κ2) is 5.40. The van der Waals surface area contributed by atoms with Crippen molar-refractivity contribution in [2.24, 2.45) is 5.92 Å². The number of pyridine rings is 1. The Balaban J connectivity index is 1.67. The van der Waals surface area contributed by atoms with E-state index in [1.807, 2.05) is 16.7 Å². The summed E-state index contributed by atoms with van der Waals surface area (Å²) in [6, 6.07) is 10.2. The van der Waals surface area contributed by atoms with Crippen molar-refractivity contribution in [3.63, 3.8) is 0 Å². The molecule has 2 aliphatic rings. The molecule has 1 aromatic carbocycles. The second-order valence-electron chi connectivity index (χ2n) is 6.66. The van der Waals surface area contributed by atoms with E-state index in [1.165, 1.54) is 12.1 Å². The predicted molar refractivity (Wildman–Crippen MR) is 88.9 cm³/mol. The molecule has 1 aromatic heterocycles. The number of aromatic carboxylic acids is 1. The third-order valence-corrected chi connectivity index (χ3v) is 5.08. The van der Waals surface area contributed by atoms with Gasteiger partial charge in [0.05, 0.1) is 17.3 Å². The van der Waals surface area contributed by atoms with Crippen LogP contribution in [0, 0.1) is 5.92 Å². The minimum absolute atomic E-state index is 0.0634. The maximum absolute atomic E-state index is 12.1. The lowest BCUT2D eigenvalue weighted by molar-refractivity contribution is -0.255. The lowest BCUT2D eigenvalue weighted by atomic mass is 9.83. The second-order valence-corrected chi connectivity index (χ2v) is 6.66. The van der Waals surface area contributed by atoms with E-state index in [4.69, 9.17) is 5.73 Å². The Morgan fingerprint density at radius 3 is 2.75 bits per heavy atom. The zero-order valence-electron chi connectivity index (χ0n) is 13.1. The number of nitrogens with zero attached hydrogens (tertiary/aromatic N) is 2. The van der Waals surface area contributed by atoms with E-state index < -0.39 is 5.97 Å². The number of benzene rings is 1. The number of fused-ring (bicyclic) bond motifs is 4. The Morgan fingerprint density at radius 2 is 2.00 bits per heavy atom. The van der Waals surface area contributed by atoms with Crippen LogP contribution in [0.4, 0.5) is 11.4 Å². The molecule has 3 heterocycles. The lowest BCUT2D eigenvalue weighted by Gasteiger charge is -2.44. The molecule has 6 heteroatoms. The molecule has 0 amide bonds. The molecule has 2 unspecified atom stereocenters. The number of nitrogen functional groups attached to an aromatic ring is 1. The number of anilines is 2. The third kappa shape index (κ3) is 2.35. The van der Waals surface area contributed by atoms with Crippen molar-refractivity contribution in [1.82, 2.24) is 4.57 Å². The summed E-state index contributed by atoms with van der Waals surface area (Å²) in [5, 5.41) is 11.0. The smallest absolute Gasteiger partial charge is 0.250 e. The number of carboxylic acid groups (broad SMARTS) is 1. The molecule has 0 radical (unpaired) electrons. The first-order chi connectivity index (χ1) is 11.5. The van der Waals surface area contributed by atoms with Gasteiger partial charge in [0.1, 0.15) is 0 Å². The van der Waals surface area contributed by atoms with Crippen LogP contribution in [-0.4, -0.2) is 23.6 Å². The highest BCUT2D eigenvalue weighted by atomic mass is 16.4. The number of rotatable bonds is 2. The van der Waals surface area contributed by atoms with E-state index in [0.29, 0.717) is 11.6 Å². The summed E-state index contributed by atoms with van der Waals surface area (Å²) in [5.74, 6) is -0.555. The molecule has 6 nitrogen and oxygen atoms in total. The quantitative estimate of drug-likeness (QED) is 0.808. The minimum Gasteiger partial charge on any atom is -0.545 e. The standard InChI is InChI=1S/C18H19N3O3/c19-14-7-12(18(23)24)4-5-16(14)20-8-11-6-13(10-20)15-2-1-3-17(22)21(15)9-11/h1-5,7,11,13H,6,8-10,19H2,(H,23,24)/p-1. The van der Waals surface area contributed by atoms with Gasteiger partial charge in [-0.25, -0.2) is 0 Å². The van der Waals surface area contributed by atoms with Gasteiger partial charge in [-0.3, -0.25) is 4.79 Å². The maximum Gasteiger partial charge on any atom is 0.250 e. The van der Waals surface area contributed by atoms with Crippen LogP contribution >= 0.6 is 0 Å². The summed E-state index contributed by atoms with van der Waals surface area (Å²) in [6.45, 7) is 2.31. The SMILES string of the molecule is Nc1cc(C(=O)[O-])ccc1N1CC2CC(C1)c1cccc(=O)n1C2. The van der Waals surface area contributed by atoms with Crippen molar-refractivity contribution in [2.45, 2.75) is 18.9 Å². The zero-order chi connectivity index (χ0) is 16.8. The van der Waals surface area contributed by atoms with Gasteiger partial charge in [0.25, 0.3) is 5.56 Å². The van der Waals surface area contributed by atoms with Crippen LogP contribution in [0.2, 0.25) is 0 Å². The summed E-state index contributed by atoms with van der Waals surface area (Å²) in [7, 11) is 0. The number of carbonyl (C=O) groups is 1. The van der Waals surface area contributed by atoms with Crippen LogP contribution in [0.5, 0.6) is 0 Å². The van der Waals surface area contributed by atoms with Gasteiger partial charge in [-0.2, -0.15) is 0 Å². The molecular formula is C18H18N3O3-. The molecule has 0 saturated carbocycles. The molecule has 2 bridgehead atoms. The average molecular weight is 324 g/mol. The van der Waals surface area contributed by atoms with Crippen LogP contribution in [-0.2, 0) is 6.54 Å². The summed E-state index contributed by atoms with van der Waals surface area (Å²) < 4.78 is 1.89. The van der Waals surface area contributed by atoms with E-state index in [9.17, 15) is 14.7 Å². The Morgan fingerprint density at radius 1 is 1.17 bits per heavy atom. The number of hydrogen-bond donors (Lipinski definition) is 1. The number of nitrogens with two attached hydrogens (primary N) is 1. The first-order valence-electron chi connectivity index (χ1n) is 8.08.